The van der Waals surface area contributed by atoms with Crippen LogP contribution in [0.5, 0.6) is 0 Å². The number of aromatic nitrogens is 2. The van der Waals surface area contributed by atoms with Crippen molar-refractivity contribution in [1.82, 2.24) is 15.5 Å². The van der Waals surface area contributed by atoms with Gasteiger partial charge in [-0.25, -0.2) is 9.59 Å². The van der Waals surface area contributed by atoms with E-state index >= 15 is 0 Å². The fraction of sp³-hybridized carbons (Fsp3) is 0.211. The van der Waals surface area contributed by atoms with Crippen molar-refractivity contribution in [2.45, 2.75) is 25.3 Å². The summed E-state index contributed by atoms with van der Waals surface area (Å²) in [5, 5.41) is 33.8. The average Bonchev–Trinajstić information content (AvgIpc) is 2.66. The molecule has 5 N–H and O–H groups in total. The van der Waals surface area contributed by atoms with Crippen LogP contribution in [0.1, 0.15) is 30.9 Å². The Hall–Kier alpha value is -3.66. The molecule has 1 aliphatic heterocycles. The number of fused-ring (bicyclic) bond motifs is 3. The normalized spacial score (nSPS) is 16.2. The number of benzene rings is 1. The third-order valence-electron chi connectivity index (χ3n) is 4.34. The zero-order valence-corrected chi connectivity index (χ0v) is 16.3. The summed E-state index contributed by atoms with van der Waals surface area (Å²) in [5.74, 6) is -0.266. The van der Waals surface area contributed by atoms with Crippen LogP contribution in [0, 0.1) is 0 Å². The molecule has 1 aromatic carbocycles. The molecule has 1 unspecified atom stereocenters. The Morgan fingerprint density at radius 1 is 1.13 bits per heavy atom. The molecule has 1 aromatic heterocycles. The number of carbonyl (C=O) groups excluding carboxylic acids is 1. The molecule has 0 fully saturated rings. The second-order valence-electron chi connectivity index (χ2n) is 6.46. The number of hydrogen-bond donors (Lipinski definition) is 5. The second-order valence-corrected chi connectivity index (χ2v) is 6.84. The summed E-state index contributed by atoms with van der Waals surface area (Å²) in [7, 11) is 0. The highest BCUT2D eigenvalue weighted by Crippen LogP contribution is 2.36. The maximum Gasteiger partial charge on any atom is 0.409 e. The van der Waals surface area contributed by atoms with Crippen LogP contribution in [0.3, 0.4) is 0 Å². The lowest BCUT2D eigenvalue weighted by atomic mass is 9.96. The number of carbonyl (C=O) groups is 3. The van der Waals surface area contributed by atoms with Crippen LogP contribution < -0.4 is 16.0 Å². The first-order valence-corrected chi connectivity index (χ1v) is 9.33. The van der Waals surface area contributed by atoms with Gasteiger partial charge in [0.1, 0.15) is 5.69 Å². The molecule has 1 atom stereocenters. The zero-order chi connectivity index (χ0) is 21.7. The lowest BCUT2D eigenvalue weighted by Crippen LogP contribution is -2.27. The lowest BCUT2D eigenvalue weighted by molar-refractivity contribution is -0.116. The maximum absolute atomic E-state index is 12.3. The zero-order valence-electron chi connectivity index (χ0n) is 15.6. The van der Waals surface area contributed by atoms with Gasteiger partial charge in [-0.2, -0.15) is 0 Å². The van der Waals surface area contributed by atoms with Crippen LogP contribution in [0.2, 0.25) is 5.15 Å². The molecule has 0 aliphatic carbocycles. The SMILES string of the molecule is O=C(O)Nc1ccc2c(c1)NC(=O)CCC=CCC(NC(=O)O)c1cc(Cl)nnc1-2. The molecule has 0 bridgehead atoms. The van der Waals surface area contributed by atoms with Gasteiger partial charge in [0.2, 0.25) is 5.91 Å². The van der Waals surface area contributed by atoms with Gasteiger partial charge in [-0.3, -0.25) is 10.1 Å². The molecule has 0 radical (unpaired) electrons. The lowest BCUT2D eigenvalue weighted by Gasteiger charge is -2.21. The number of allylic oxidation sites excluding steroid dienone is 1. The highest BCUT2D eigenvalue weighted by molar-refractivity contribution is 6.29. The average molecular weight is 432 g/mol. The van der Waals surface area contributed by atoms with E-state index in [9.17, 15) is 19.5 Å². The van der Waals surface area contributed by atoms with E-state index in [1.54, 1.807) is 18.2 Å². The van der Waals surface area contributed by atoms with E-state index in [2.05, 4.69) is 26.1 Å². The Morgan fingerprint density at radius 3 is 2.67 bits per heavy atom. The van der Waals surface area contributed by atoms with Gasteiger partial charge in [0.05, 0.1) is 11.7 Å². The monoisotopic (exact) mass is 431 g/mol. The number of hydrogen-bond acceptors (Lipinski definition) is 5. The number of carboxylic acid groups (broad SMARTS) is 2. The molecule has 3 rings (SSSR count). The van der Waals surface area contributed by atoms with Gasteiger partial charge in [-0.15, -0.1) is 10.2 Å². The van der Waals surface area contributed by atoms with Crippen LogP contribution in [-0.4, -0.2) is 38.5 Å². The number of nitrogens with one attached hydrogen (secondary N) is 3. The van der Waals surface area contributed by atoms with Crippen molar-refractivity contribution < 1.29 is 24.6 Å². The molecule has 1 aliphatic rings. The first kappa shape index (κ1) is 21.1. The van der Waals surface area contributed by atoms with Gasteiger partial charge in [-0.1, -0.05) is 23.8 Å². The Bertz CT molecular complexity index is 1030. The minimum absolute atomic E-state index is 0.0803. The molecule has 30 heavy (non-hydrogen) atoms. The van der Waals surface area contributed by atoms with Gasteiger partial charge in [0.25, 0.3) is 0 Å². The van der Waals surface area contributed by atoms with E-state index in [-0.39, 0.29) is 23.2 Å². The van der Waals surface area contributed by atoms with E-state index in [4.69, 9.17) is 16.7 Å². The fourth-order valence-electron chi connectivity index (χ4n) is 3.10. The number of amides is 3. The van der Waals surface area contributed by atoms with E-state index < -0.39 is 18.2 Å². The Morgan fingerprint density at radius 2 is 1.93 bits per heavy atom. The quantitative estimate of drug-likeness (QED) is 0.452. The van der Waals surface area contributed by atoms with E-state index in [0.717, 1.165) is 0 Å². The summed E-state index contributed by atoms with van der Waals surface area (Å²) in [5.41, 5.74) is 1.78. The molecule has 2 heterocycles. The second kappa shape index (κ2) is 9.23. The van der Waals surface area contributed by atoms with E-state index in [1.807, 2.05) is 0 Å². The minimum Gasteiger partial charge on any atom is -0.465 e. The summed E-state index contributed by atoms with van der Waals surface area (Å²) in [6.07, 6.45) is 2.08. The molecule has 11 heteroatoms. The third-order valence-corrected chi connectivity index (χ3v) is 4.53. The summed E-state index contributed by atoms with van der Waals surface area (Å²) in [6.45, 7) is 0. The van der Waals surface area contributed by atoms with Crippen molar-refractivity contribution in [3.63, 3.8) is 0 Å². The standard InChI is InChI=1S/C19H18ClN5O5/c20-15-9-12-13(23-19(29)30)4-2-1-3-5-16(26)22-14-8-10(21-18(27)28)6-7-11(14)17(12)25-24-15/h1-2,6-9,13,21,23H,3-5H2,(H,22,26)(H,27,28)(H,29,30). The fourth-order valence-corrected chi connectivity index (χ4v) is 3.26. The topological polar surface area (TPSA) is 154 Å². The Balaban J connectivity index is 2.19. The van der Waals surface area contributed by atoms with Crippen molar-refractivity contribution in [1.29, 1.82) is 0 Å². The van der Waals surface area contributed by atoms with Crippen LogP contribution in [0.15, 0.2) is 36.4 Å². The first-order chi connectivity index (χ1) is 14.3. The van der Waals surface area contributed by atoms with Gasteiger partial charge in [0, 0.05) is 23.2 Å². The highest BCUT2D eigenvalue weighted by atomic mass is 35.5. The molecular formula is C19H18ClN5O5. The Kier molecular flexibility index (Phi) is 6.48. The smallest absolute Gasteiger partial charge is 0.409 e. The van der Waals surface area contributed by atoms with Crippen LogP contribution in [-0.2, 0) is 4.79 Å². The summed E-state index contributed by atoms with van der Waals surface area (Å²) >= 11 is 6.02. The van der Waals surface area contributed by atoms with E-state index in [0.29, 0.717) is 35.3 Å². The molecule has 0 spiro atoms. The van der Waals surface area contributed by atoms with Crippen molar-refractivity contribution in [3.8, 4) is 11.3 Å². The molecule has 10 nitrogen and oxygen atoms in total. The number of rotatable bonds is 2. The van der Waals surface area contributed by atoms with Crippen LogP contribution >= 0.6 is 11.6 Å². The van der Waals surface area contributed by atoms with Crippen molar-refractivity contribution >= 4 is 41.1 Å². The molecule has 3 amide bonds. The van der Waals surface area contributed by atoms with E-state index in [1.165, 1.54) is 18.2 Å². The molecular weight excluding hydrogens is 414 g/mol. The molecule has 2 aromatic rings. The first-order valence-electron chi connectivity index (χ1n) is 8.95. The molecule has 0 saturated heterocycles. The van der Waals surface area contributed by atoms with Gasteiger partial charge in [0.15, 0.2) is 5.15 Å². The van der Waals surface area contributed by atoms with Gasteiger partial charge < -0.3 is 20.8 Å². The number of anilines is 2. The maximum atomic E-state index is 12.3. The summed E-state index contributed by atoms with van der Waals surface area (Å²) < 4.78 is 0. The van der Waals surface area contributed by atoms with Crippen molar-refractivity contribution in [2.75, 3.05) is 10.6 Å². The third kappa shape index (κ3) is 5.23. The number of nitrogens with zero attached hydrogens (tertiary/aromatic N) is 2. The molecule has 156 valence electrons. The van der Waals surface area contributed by atoms with Crippen molar-refractivity contribution in [3.05, 3.63) is 47.1 Å². The minimum atomic E-state index is -1.25. The largest absolute Gasteiger partial charge is 0.465 e. The predicted molar refractivity (Wildman–Crippen MR) is 110 cm³/mol. The van der Waals surface area contributed by atoms with Gasteiger partial charge >= 0.3 is 12.2 Å². The summed E-state index contributed by atoms with van der Waals surface area (Å²) in [4.78, 5) is 34.7. The number of halogens is 1. The van der Waals surface area contributed by atoms with Crippen LogP contribution in [0.4, 0.5) is 21.0 Å². The van der Waals surface area contributed by atoms with Crippen LogP contribution in [0.25, 0.3) is 11.3 Å². The predicted octanol–water partition coefficient (Wildman–Crippen LogP) is 3.87. The summed E-state index contributed by atoms with van der Waals surface area (Å²) in [6, 6.07) is 5.38. The Labute approximate surface area is 176 Å². The van der Waals surface area contributed by atoms with Crippen molar-refractivity contribution in [2.24, 2.45) is 0 Å². The highest BCUT2D eigenvalue weighted by Gasteiger charge is 2.23. The molecule has 0 saturated carbocycles. The van der Waals surface area contributed by atoms with Gasteiger partial charge in [-0.05, 0) is 37.1 Å².